The van der Waals surface area contributed by atoms with Crippen LogP contribution in [0.4, 0.5) is 0 Å². The van der Waals surface area contributed by atoms with Crippen LogP contribution in [0.5, 0.6) is 0 Å². The van der Waals surface area contributed by atoms with Crippen molar-refractivity contribution in [1.29, 1.82) is 0 Å². The number of carbonyl (C=O) groups excluding carboxylic acids is 3. The quantitative estimate of drug-likeness (QED) is 0.255. The predicted molar refractivity (Wildman–Crippen MR) is 201 cm³/mol. The molecule has 0 bridgehead atoms. The van der Waals surface area contributed by atoms with Gasteiger partial charge < -0.3 is 4.79 Å². The fourth-order valence-electron chi connectivity index (χ4n) is 12.2. The summed E-state index contributed by atoms with van der Waals surface area (Å²) in [7, 11) is 0. The Morgan fingerprint density at radius 1 is 0.885 bits per heavy atom. The highest BCUT2D eigenvalue weighted by atomic mass is 16.2. The van der Waals surface area contributed by atoms with Crippen LogP contribution in [0.3, 0.4) is 0 Å². The van der Waals surface area contributed by atoms with Gasteiger partial charge in [-0.1, -0.05) is 90.4 Å². The van der Waals surface area contributed by atoms with Gasteiger partial charge in [0.05, 0.1) is 17.7 Å². The molecule has 3 saturated carbocycles. The van der Waals surface area contributed by atoms with Crippen LogP contribution in [0.2, 0.25) is 0 Å². The van der Waals surface area contributed by atoms with Gasteiger partial charge in [-0.2, -0.15) is 0 Å². The monoisotopic (exact) mass is 694 g/mol. The summed E-state index contributed by atoms with van der Waals surface area (Å²) in [5.74, 6) is 0.168. The standard InChI is InChI=1S/C45H50N4O3/c1-40(2)18-20-45(39(52)49-27-32(28-12-10-9-11-13-28)48-38(49)29-15-22-47-23-16-29)21-19-44(7)36(30(45)25-40)33(50)24-35-42(5)26-31(46-8)37(51)41(3,4)34(42)14-17-43(35,44)6/h9-13,15-16,22-24,26-27,30,34,36H,14,17-21,25H2,1-7H3. The van der Waals surface area contributed by atoms with Gasteiger partial charge in [0.2, 0.25) is 11.6 Å². The highest BCUT2D eigenvalue weighted by Gasteiger charge is 2.71. The maximum atomic E-state index is 15.6. The molecule has 52 heavy (non-hydrogen) atoms. The second kappa shape index (κ2) is 11.3. The first kappa shape index (κ1) is 34.6. The molecule has 3 aromatic rings. The van der Waals surface area contributed by atoms with Gasteiger partial charge in [-0.3, -0.25) is 19.1 Å². The number of nitrogens with zero attached hydrogens (tertiary/aromatic N) is 4. The summed E-state index contributed by atoms with van der Waals surface area (Å²) in [5, 5.41) is 0. The fraction of sp³-hybridized carbons (Fsp3) is 0.511. The molecule has 3 fully saturated rings. The number of allylic oxidation sites excluding steroid dienone is 4. The average Bonchev–Trinajstić information content (AvgIpc) is 3.57. The van der Waals surface area contributed by atoms with Gasteiger partial charge in [0.15, 0.2) is 11.6 Å². The fourth-order valence-corrected chi connectivity index (χ4v) is 12.2. The molecule has 5 aliphatic carbocycles. The zero-order chi connectivity index (χ0) is 37.1. The van der Waals surface area contributed by atoms with Gasteiger partial charge in [-0.15, -0.1) is 0 Å². The van der Waals surface area contributed by atoms with E-state index in [2.05, 4.69) is 44.4 Å². The smallest absolute Gasteiger partial charge is 0.238 e. The van der Waals surface area contributed by atoms with Crippen LogP contribution in [0, 0.1) is 56.8 Å². The van der Waals surface area contributed by atoms with Crippen LogP contribution in [-0.4, -0.2) is 32.0 Å². The van der Waals surface area contributed by atoms with Crippen LogP contribution in [0.15, 0.2) is 84.5 Å². The molecule has 0 radical (unpaired) electrons. The van der Waals surface area contributed by atoms with Gasteiger partial charge >= 0.3 is 0 Å². The van der Waals surface area contributed by atoms with Gasteiger partial charge in [0.1, 0.15) is 5.82 Å². The van der Waals surface area contributed by atoms with E-state index in [1.54, 1.807) is 17.0 Å². The number of pyridine rings is 1. The van der Waals surface area contributed by atoms with E-state index < -0.39 is 21.7 Å². The SMILES string of the molecule is [C-]#[N+]C1=CC2(C)C3=CC(=O)C4C5CC(C)(C)CCC5(C(=O)n5cc(-c6ccccc6)nc5-c5ccncc5)CCC4(C)C3(C)CCC2C(C)(C)C1=O. The molecule has 2 aromatic heterocycles. The molecule has 7 atom stereocenters. The summed E-state index contributed by atoms with van der Waals surface area (Å²) < 4.78 is 1.80. The van der Waals surface area contributed by atoms with Crippen LogP contribution >= 0.6 is 0 Å². The van der Waals surface area contributed by atoms with Crippen molar-refractivity contribution in [3.8, 4) is 22.6 Å². The molecule has 8 rings (SSSR count). The summed E-state index contributed by atoms with van der Waals surface area (Å²) in [4.78, 5) is 57.2. The maximum absolute atomic E-state index is 15.6. The third-order valence-electron chi connectivity index (χ3n) is 15.2. The summed E-state index contributed by atoms with van der Waals surface area (Å²) in [5.41, 5.74) is 0.989. The minimum absolute atomic E-state index is 0.00481. The number of hydrogen-bond acceptors (Lipinski definition) is 5. The van der Waals surface area contributed by atoms with Crippen LogP contribution in [0.1, 0.15) is 98.2 Å². The number of carbonyl (C=O) groups is 3. The Balaban J connectivity index is 1.28. The zero-order valence-corrected chi connectivity index (χ0v) is 31.6. The van der Waals surface area contributed by atoms with E-state index in [4.69, 9.17) is 11.6 Å². The van der Waals surface area contributed by atoms with Gasteiger partial charge in [-0.25, -0.2) is 9.83 Å². The predicted octanol–water partition coefficient (Wildman–Crippen LogP) is 9.83. The number of Topliss-reactive ketones (excluding diaryl/α,β-unsaturated/α-hetero) is 1. The van der Waals surface area contributed by atoms with Crippen molar-refractivity contribution in [3.63, 3.8) is 0 Å². The van der Waals surface area contributed by atoms with E-state index >= 15 is 9.59 Å². The van der Waals surface area contributed by atoms with E-state index in [-0.39, 0.29) is 51.8 Å². The molecule has 2 heterocycles. The Bertz CT molecular complexity index is 2120. The van der Waals surface area contributed by atoms with Crippen molar-refractivity contribution in [3.05, 3.63) is 95.9 Å². The Morgan fingerprint density at radius 3 is 2.27 bits per heavy atom. The van der Waals surface area contributed by atoms with Crippen LogP contribution < -0.4 is 0 Å². The first-order valence-electron chi connectivity index (χ1n) is 19.0. The average molecular weight is 695 g/mol. The third kappa shape index (κ3) is 4.58. The molecular formula is C45H50N4O3. The molecule has 0 aliphatic heterocycles. The van der Waals surface area contributed by atoms with Crippen LogP contribution in [-0.2, 0) is 9.59 Å². The molecule has 5 aliphatic rings. The van der Waals surface area contributed by atoms with Gasteiger partial charge in [-0.05, 0) is 91.2 Å². The van der Waals surface area contributed by atoms with Crippen molar-refractivity contribution in [1.82, 2.24) is 14.5 Å². The molecule has 0 N–H and O–H groups in total. The van der Waals surface area contributed by atoms with Gasteiger partial charge in [0.25, 0.3) is 0 Å². The molecule has 7 heteroatoms. The number of benzene rings is 1. The zero-order valence-electron chi connectivity index (χ0n) is 31.6. The lowest BCUT2D eigenvalue weighted by Crippen LogP contribution is -2.66. The largest absolute Gasteiger partial charge is 0.307 e. The topological polar surface area (TPSA) is 86.3 Å². The molecule has 0 amide bonds. The highest BCUT2D eigenvalue weighted by Crippen LogP contribution is 2.74. The first-order chi connectivity index (χ1) is 24.5. The van der Waals surface area contributed by atoms with E-state index in [1.807, 2.05) is 74.7 Å². The lowest BCUT2D eigenvalue weighted by Gasteiger charge is -2.69. The molecule has 1 aromatic carbocycles. The van der Waals surface area contributed by atoms with Crippen molar-refractivity contribution >= 4 is 17.5 Å². The second-order valence-electron chi connectivity index (χ2n) is 18.6. The number of rotatable bonds is 3. The summed E-state index contributed by atoms with van der Waals surface area (Å²) >= 11 is 0. The van der Waals surface area contributed by atoms with Crippen LogP contribution in [0.25, 0.3) is 27.5 Å². The highest BCUT2D eigenvalue weighted by molar-refractivity contribution is 6.03. The second-order valence-corrected chi connectivity index (χ2v) is 18.6. The number of hydrogen-bond donors (Lipinski definition) is 0. The molecule has 0 saturated heterocycles. The number of ketones is 2. The van der Waals surface area contributed by atoms with E-state index in [0.717, 1.165) is 60.9 Å². The van der Waals surface area contributed by atoms with Crippen molar-refractivity contribution in [2.24, 2.45) is 50.2 Å². The lowest BCUT2D eigenvalue weighted by atomic mass is 9.34. The molecule has 7 nitrogen and oxygen atoms in total. The number of imidazole rings is 1. The third-order valence-corrected chi connectivity index (χ3v) is 15.2. The normalized spacial score (nSPS) is 35.8. The van der Waals surface area contributed by atoms with Gasteiger partial charge in [0, 0.05) is 46.5 Å². The lowest BCUT2D eigenvalue weighted by molar-refractivity contribution is -0.164. The summed E-state index contributed by atoms with van der Waals surface area (Å²) in [6, 6.07) is 13.8. The van der Waals surface area contributed by atoms with Crippen molar-refractivity contribution in [2.75, 3.05) is 0 Å². The molecule has 0 spiro atoms. The van der Waals surface area contributed by atoms with Crippen molar-refractivity contribution < 1.29 is 14.4 Å². The Labute approximate surface area is 307 Å². The molecular weight excluding hydrogens is 645 g/mol. The molecule has 7 unspecified atom stereocenters. The Hall–Kier alpha value is -4.44. The summed E-state index contributed by atoms with van der Waals surface area (Å²) in [6.07, 6.45) is 14.8. The van der Waals surface area contributed by atoms with Crippen molar-refractivity contribution in [2.45, 2.75) is 93.4 Å². The van der Waals surface area contributed by atoms with E-state index in [0.29, 0.717) is 12.2 Å². The maximum Gasteiger partial charge on any atom is 0.238 e. The van der Waals surface area contributed by atoms with E-state index in [9.17, 15) is 4.79 Å². The van der Waals surface area contributed by atoms with E-state index in [1.165, 1.54) is 0 Å². The molecule has 268 valence electrons. The minimum atomic E-state index is -0.731. The minimum Gasteiger partial charge on any atom is -0.307 e. The number of aromatic nitrogens is 3. The number of fused-ring (bicyclic) bond motifs is 7. The Kier molecular flexibility index (Phi) is 7.51. The summed E-state index contributed by atoms with van der Waals surface area (Å²) in [6.45, 7) is 23.3. The Morgan fingerprint density at radius 2 is 1.58 bits per heavy atom. The first-order valence-corrected chi connectivity index (χ1v) is 19.0.